The van der Waals surface area contributed by atoms with Crippen molar-refractivity contribution < 1.29 is 14.9 Å². The second kappa shape index (κ2) is 6.99. The van der Waals surface area contributed by atoms with Crippen LogP contribution in [0.5, 0.6) is 0 Å². The monoisotopic (exact) mass is 442 g/mol. The van der Waals surface area contributed by atoms with Gasteiger partial charge in [-0.05, 0) is 44.8 Å². The van der Waals surface area contributed by atoms with Crippen LogP contribution in [0.4, 0.5) is 0 Å². The van der Waals surface area contributed by atoms with Crippen molar-refractivity contribution in [2.75, 3.05) is 6.61 Å². The van der Waals surface area contributed by atoms with Gasteiger partial charge in [-0.2, -0.15) is 0 Å². The quantitative estimate of drug-likeness (QED) is 0.373. The molecule has 0 saturated carbocycles. The molecule has 3 atom stereocenters. The molecule has 0 unspecified atom stereocenters. The smallest absolute Gasteiger partial charge is 0.330 e. The number of aryl methyl sites for hydroxylation is 1. The van der Waals surface area contributed by atoms with Crippen LogP contribution in [0, 0.1) is 6.92 Å². The Morgan fingerprint density at radius 3 is 2.42 bits per heavy atom. The molecule has 7 heteroatoms. The van der Waals surface area contributed by atoms with Gasteiger partial charge >= 0.3 is 5.69 Å². The molecule has 1 aromatic heterocycles. The zero-order chi connectivity index (χ0) is 22.9. The van der Waals surface area contributed by atoms with Crippen LogP contribution in [0.25, 0.3) is 32.3 Å². The predicted molar refractivity (Wildman–Crippen MR) is 126 cm³/mol. The molecule has 4 aromatic carbocycles. The molecule has 6 rings (SSSR count). The fourth-order valence-electron chi connectivity index (χ4n) is 5.30. The summed E-state index contributed by atoms with van der Waals surface area (Å²) in [6.45, 7) is 1.17. The Hall–Kier alpha value is -3.52. The van der Waals surface area contributed by atoms with Crippen molar-refractivity contribution in [1.82, 2.24) is 9.55 Å². The summed E-state index contributed by atoms with van der Waals surface area (Å²) in [5.41, 5.74) is -1.62. The number of nitrogens with one attached hydrogen (secondary N) is 1. The Bertz CT molecular complexity index is 1640. The number of hydrogen-bond donors (Lipinski definition) is 3. The summed E-state index contributed by atoms with van der Waals surface area (Å²) in [6.07, 6.45) is -0.308. The van der Waals surface area contributed by atoms with Crippen LogP contribution < -0.4 is 11.2 Å². The molecule has 1 aliphatic heterocycles. The highest BCUT2D eigenvalue weighted by Gasteiger charge is 2.50. The summed E-state index contributed by atoms with van der Waals surface area (Å²) in [5, 5.41) is 28.4. The third-order valence-electron chi connectivity index (χ3n) is 6.96. The summed E-state index contributed by atoms with van der Waals surface area (Å²) in [6, 6.07) is 18.2. The second-order valence-electron chi connectivity index (χ2n) is 8.84. The van der Waals surface area contributed by atoms with Gasteiger partial charge in [0.2, 0.25) is 0 Å². The number of H-pyrrole nitrogens is 1. The number of aromatic amines is 1. The third-order valence-corrected chi connectivity index (χ3v) is 6.96. The van der Waals surface area contributed by atoms with E-state index >= 15 is 0 Å². The van der Waals surface area contributed by atoms with Crippen molar-refractivity contribution in [3.8, 4) is 0 Å². The summed E-state index contributed by atoms with van der Waals surface area (Å²) in [4.78, 5) is 26.5. The number of ether oxygens (including phenoxy) is 1. The van der Waals surface area contributed by atoms with Crippen LogP contribution in [0.2, 0.25) is 0 Å². The maximum atomic E-state index is 12.4. The lowest BCUT2D eigenvalue weighted by molar-refractivity contribution is -0.0852. The number of benzene rings is 4. The Labute approximate surface area is 187 Å². The number of rotatable bonds is 3. The minimum atomic E-state index is -1.54. The topological polar surface area (TPSA) is 105 Å². The Morgan fingerprint density at radius 2 is 1.70 bits per heavy atom. The minimum Gasteiger partial charge on any atom is -0.394 e. The average molecular weight is 442 g/mol. The largest absolute Gasteiger partial charge is 0.394 e. The molecule has 0 spiro atoms. The minimum absolute atomic E-state index is 0.0492. The van der Waals surface area contributed by atoms with Crippen molar-refractivity contribution in [3.05, 3.63) is 92.8 Å². The van der Waals surface area contributed by atoms with E-state index in [1.807, 2.05) is 30.3 Å². The van der Waals surface area contributed by atoms with Crippen LogP contribution in [0.15, 0.2) is 70.4 Å². The highest BCUT2D eigenvalue weighted by Crippen LogP contribution is 2.47. The third kappa shape index (κ3) is 2.80. The maximum Gasteiger partial charge on any atom is 0.330 e. The van der Waals surface area contributed by atoms with E-state index in [-0.39, 0.29) is 6.42 Å². The van der Waals surface area contributed by atoms with Gasteiger partial charge < -0.3 is 14.9 Å². The number of nitrogens with zero attached hydrogens (tertiary/aromatic N) is 1. The van der Waals surface area contributed by atoms with Gasteiger partial charge in [-0.3, -0.25) is 14.3 Å². The van der Waals surface area contributed by atoms with Gasteiger partial charge in [0.1, 0.15) is 17.9 Å². The molecule has 3 N–H and O–H groups in total. The summed E-state index contributed by atoms with van der Waals surface area (Å²) in [5.74, 6) is 0. The highest BCUT2D eigenvalue weighted by atomic mass is 16.5. The van der Waals surface area contributed by atoms with Crippen LogP contribution in [0.1, 0.15) is 23.8 Å². The van der Waals surface area contributed by atoms with Gasteiger partial charge in [0.05, 0.1) is 6.61 Å². The molecular weight excluding hydrogens is 420 g/mol. The molecule has 0 radical (unpaired) electrons. The van der Waals surface area contributed by atoms with Crippen molar-refractivity contribution >= 4 is 32.3 Å². The van der Waals surface area contributed by atoms with Gasteiger partial charge in [0, 0.05) is 18.2 Å². The molecule has 0 amide bonds. The van der Waals surface area contributed by atoms with E-state index in [1.54, 1.807) is 6.92 Å². The van der Waals surface area contributed by atoms with E-state index in [0.29, 0.717) is 11.1 Å². The second-order valence-corrected chi connectivity index (χ2v) is 8.84. The van der Waals surface area contributed by atoms with Gasteiger partial charge in [-0.1, -0.05) is 54.6 Å². The number of aliphatic hydroxyl groups excluding tert-OH is 1. The van der Waals surface area contributed by atoms with E-state index in [0.717, 1.165) is 32.3 Å². The zero-order valence-electron chi connectivity index (χ0n) is 17.9. The van der Waals surface area contributed by atoms with E-state index in [1.165, 1.54) is 10.8 Å². The standard InChI is InChI=1S/C26H22N2O5/c1-14-12-28(25(31)27-24(14)30)21-11-26(32,20(13-29)33-21)19-10-8-17-6-5-15-3-2-4-16-7-9-18(19)23(17)22(15)16/h2-10,12,20-21,29,32H,11,13H2,1H3,(H,27,30,31)/t20-,21-,26-/m1/s1. The molecule has 2 heterocycles. The first kappa shape index (κ1) is 20.1. The molecule has 166 valence electrons. The number of aromatic nitrogens is 2. The first-order valence-electron chi connectivity index (χ1n) is 10.9. The van der Waals surface area contributed by atoms with Crippen LogP contribution >= 0.6 is 0 Å². The van der Waals surface area contributed by atoms with E-state index in [9.17, 15) is 19.8 Å². The van der Waals surface area contributed by atoms with E-state index < -0.39 is 35.8 Å². The average Bonchev–Trinajstić information content (AvgIpc) is 3.16. The van der Waals surface area contributed by atoms with Crippen molar-refractivity contribution in [3.63, 3.8) is 0 Å². The first-order chi connectivity index (χ1) is 15.9. The SMILES string of the molecule is Cc1cn([C@H]2C[C@@](O)(c3ccc4ccc5cccc6ccc3c4c56)[C@@H](CO)O2)c(=O)[nH]c1=O. The van der Waals surface area contributed by atoms with Crippen LogP contribution in [0.3, 0.4) is 0 Å². The lowest BCUT2D eigenvalue weighted by Gasteiger charge is -2.29. The molecular formula is C26H22N2O5. The van der Waals surface area contributed by atoms with Crippen LogP contribution in [-0.4, -0.2) is 32.5 Å². The fourth-order valence-corrected chi connectivity index (χ4v) is 5.30. The molecule has 1 saturated heterocycles. The number of aliphatic hydroxyl groups is 2. The zero-order valence-corrected chi connectivity index (χ0v) is 17.9. The maximum absolute atomic E-state index is 12.4. The van der Waals surface area contributed by atoms with Crippen LogP contribution in [-0.2, 0) is 10.3 Å². The Kier molecular flexibility index (Phi) is 4.26. The molecule has 7 nitrogen and oxygen atoms in total. The van der Waals surface area contributed by atoms with Gasteiger partial charge in [0.25, 0.3) is 5.56 Å². The summed E-state index contributed by atoms with van der Waals surface area (Å²) < 4.78 is 7.24. The molecule has 1 aliphatic rings. The lowest BCUT2D eigenvalue weighted by atomic mass is 9.81. The van der Waals surface area contributed by atoms with Crippen molar-refractivity contribution in [2.24, 2.45) is 0 Å². The van der Waals surface area contributed by atoms with E-state index in [4.69, 9.17) is 4.74 Å². The molecule has 1 fully saturated rings. The van der Waals surface area contributed by atoms with Gasteiger partial charge in [0.15, 0.2) is 0 Å². The van der Waals surface area contributed by atoms with Gasteiger partial charge in [-0.25, -0.2) is 4.79 Å². The normalized spacial score (nSPS) is 23.2. The van der Waals surface area contributed by atoms with Crippen molar-refractivity contribution in [2.45, 2.75) is 31.3 Å². The highest BCUT2D eigenvalue weighted by molar-refractivity contribution is 6.23. The molecule has 0 bridgehead atoms. The Balaban J connectivity index is 1.56. The molecule has 0 aliphatic carbocycles. The summed E-state index contributed by atoms with van der Waals surface area (Å²) in [7, 11) is 0. The fraction of sp³-hybridized carbons (Fsp3) is 0.231. The Morgan fingerprint density at radius 1 is 1.03 bits per heavy atom. The lowest BCUT2D eigenvalue weighted by Crippen LogP contribution is -2.38. The van der Waals surface area contributed by atoms with Crippen molar-refractivity contribution in [1.29, 1.82) is 0 Å². The first-order valence-corrected chi connectivity index (χ1v) is 10.9. The van der Waals surface area contributed by atoms with Gasteiger partial charge in [-0.15, -0.1) is 0 Å². The predicted octanol–water partition coefficient (Wildman–Crippen LogP) is 2.91. The molecule has 5 aromatic rings. The van der Waals surface area contributed by atoms with E-state index in [2.05, 4.69) is 29.2 Å². The summed E-state index contributed by atoms with van der Waals surface area (Å²) >= 11 is 0. The molecule has 33 heavy (non-hydrogen) atoms. The number of hydrogen-bond acceptors (Lipinski definition) is 5.